The molecule has 0 aromatic heterocycles. The van der Waals surface area contributed by atoms with Crippen LogP contribution in [0.15, 0.2) is 0 Å². The van der Waals surface area contributed by atoms with Crippen LogP contribution in [0.1, 0.15) is 27.7 Å². The van der Waals surface area contributed by atoms with E-state index in [1.165, 1.54) is 0 Å². The molecule has 0 saturated heterocycles. The summed E-state index contributed by atoms with van der Waals surface area (Å²) in [5.74, 6) is -1.11. The zero-order chi connectivity index (χ0) is 21.0. The molecule has 11 N–H and O–H groups in total. The Morgan fingerprint density at radius 1 is 0.630 bits per heavy atom. The number of aliphatic hydroxyl groups is 6. The summed E-state index contributed by atoms with van der Waals surface area (Å²) in [6.45, 7) is 3.82. The first-order valence-electron chi connectivity index (χ1n) is 8.31. The molecule has 0 radical (unpaired) electrons. The molecule has 0 aliphatic rings. The number of hydrogen-bond donors (Lipinski definition) is 9. The van der Waals surface area contributed by atoms with Crippen LogP contribution in [-0.4, -0.2) is 93.2 Å². The van der Waals surface area contributed by atoms with Gasteiger partial charge in [0.1, 0.15) is 11.1 Å². The van der Waals surface area contributed by atoms with E-state index >= 15 is 0 Å². The fraction of sp³-hybridized carbons (Fsp3) is 0.875. The summed E-state index contributed by atoms with van der Waals surface area (Å²) in [4.78, 5) is 22.4. The van der Waals surface area contributed by atoms with Gasteiger partial charge in [-0.15, -0.1) is 0 Å². The smallest absolute Gasteiger partial charge is 0.223 e. The molecule has 164 valence electrons. The highest BCUT2D eigenvalue weighted by Gasteiger charge is 2.31. The van der Waals surface area contributed by atoms with Crippen LogP contribution in [0.3, 0.4) is 0 Å². The maximum atomic E-state index is 11.2. The van der Waals surface area contributed by atoms with Gasteiger partial charge in [0.25, 0.3) is 0 Å². The van der Waals surface area contributed by atoms with Gasteiger partial charge >= 0.3 is 0 Å². The van der Waals surface area contributed by atoms with E-state index in [0.29, 0.717) is 0 Å². The quantitative estimate of drug-likeness (QED) is 0.184. The molecule has 11 nitrogen and oxygen atoms in total. The van der Waals surface area contributed by atoms with E-state index in [1.807, 2.05) is 0 Å². The third kappa shape index (κ3) is 10.5. The Morgan fingerprint density at radius 3 is 0.926 bits per heavy atom. The summed E-state index contributed by atoms with van der Waals surface area (Å²) in [7, 11) is 0. The lowest BCUT2D eigenvalue weighted by Crippen LogP contribution is -2.57. The average molecular weight is 399 g/mol. The molecule has 2 amide bonds. The Labute approximate surface area is 160 Å². The monoisotopic (exact) mass is 399 g/mol. The molecule has 0 bridgehead atoms. The van der Waals surface area contributed by atoms with Crippen LogP contribution in [0, 0.1) is 11.8 Å². The van der Waals surface area contributed by atoms with Gasteiger partial charge in [-0.3, -0.25) is 9.59 Å². The molecule has 11 heteroatoms. The predicted molar refractivity (Wildman–Crippen MR) is 99.0 cm³/mol. The number of aliphatic hydroxyl groups excluding tert-OH is 6. The van der Waals surface area contributed by atoms with Gasteiger partial charge in [0.05, 0.1) is 39.6 Å². The topological polar surface area (TPSA) is 215 Å². The summed E-state index contributed by atoms with van der Waals surface area (Å²) in [5, 5.41) is 58.0. The normalized spacial score (nSPS) is 11.4. The van der Waals surface area contributed by atoms with Crippen molar-refractivity contribution in [1.29, 1.82) is 0 Å². The lowest BCUT2D eigenvalue weighted by molar-refractivity contribution is -0.129. The van der Waals surface area contributed by atoms with Crippen molar-refractivity contribution in [2.75, 3.05) is 39.6 Å². The van der Waals surface area contributed by atoms with Gasteiger partial charge in [-0.1, -0.05) is 27.7 Å². The first kappa shape index (κ1) is 30.4. The van der Waals surface area contributed by atoms with Gasteiger partial charge in [0.15, 0.2) is 0 Å². The summed E-state index contributed by atoms with van der Waals surface area (Å²) >= 11 is 0. The maximum absolute atomic E-state index is 11.2. The van der Waals surface area contributed by atoms with Gasteiger partial charge in [0, 0.05) is 11.8 Å². The van der Waals surface area contributed by atoms with Gasteiger partial charge < -0.3 is 47.4 Å². The largest absolute Gasteiger partial charge is 0.394 e. The summed E-state index contributed by atoms with van der Waals surface area (Å²) in [6.07, 6.45) is 0. The van der Waals surface area contributed by atoms with E-state index in [-0.39, 0.29) is 29.8 Å². The van der Waals surface area contributed by atoms with Gasteiger partial charge in [-0.2, -0.15) is 0 Å². The molecule has 0 heterocycles. The molecule has 0 aliphatic carbocycles. The van der Waals surface area contributed by atoms with Crippen molar-refractivity contribution in [3.05, 3.63) is 0 Å². The molecule has 0 unspecified atom stereocenters. The summed E-state index contributed by atoms with van der Waals surface area (Å²) in [5.41, 5.74) is -2.61. The average Bonchev–Trinajstić information content (AvgIpc) is 2.64. The Kier molecular flexibility index (Phi) is 16.5. The van der Waals surface area contributed by atoms with E-state index < -0.39 is 50.7 Å². The second-order valence-electron chi connectivity index (χ2n) is 6.80. The summed E-state index contributed by atoms with van der Waals surface area (Å²) < 4.78 is 0. The third-order valence-corrected chi connectivity index (χ3v) is 3.64. The van der Waals surface area contributed by atoms with E-state index in [4.69, 9.17) is 30.6 Å². The first-order chi connectivity index (χ1) is 12.0. The number of carbonyl (C=O) groups is 2. The molecule has 0 rings (SSSR count). The highest BCUT2D eigenvalue weighted by molar-refractivity contribution is 5.79. The van der Waals surface area contributed by atoms with Crippen molar-refractivity contribution < 1.29 is 40.2 Å². The van der Waals surface area contributed by atoms with Crippen LogP contribution in [0.5, 0.6) is 0 Å². The van der Waals surface area contributed by atoms with Crippen LogP contribution in [0.2, 0.25) is 0 Å². The maximum Gasteiger partial charge on any atom is 0.223 e. The Hall–Kier alpha value is -1.34. The third-order valence-electron chi connectivity index (χ3n) is 3.64. The Morgan fingerprint density at radius 2 is 0.815 bits per heavy atom. The first-order valence-corrected chi connectivity index (χ1v) is 8.31. The standard InChI is InChI=1S/2C8H17NO4.H3N/c2*1-6(2)7(13)9-8(3-10,4-11)5-12;/h2*6,10-12H,3-5H2,1-2H3,(H,9,13);1H3. The minimum Gasteiger partial charge on any atom is -0.394 e. The molecule has 27 heavy (non-hydrogen) atoms. The SMILES string of the molecule is CC(C)C(=O)NC(CO)(CO)CO.CC(C)C(=O)NC(CO)(CO)CO.N. The molecule has 0 aromatic carbocycles. The molecule has 0 saturated carbocycles. The van der Waals surface area contributed by atoms with Gasteiger partial charge in [0.2, 0.25) is 11.8 Å². The zero-order valence-corrected chi connectivity index (χ0v) is 16.6. The van der Waals surface area contributed by atoms with Crippen LogP contribution >= 0.6 is 0 Å². The minimum atomic E-state index is -1.30. The van der Waals surface area contributed by atoms with Crippen LogP contribution in [0.25, 0.3) is 0 Å². The predicted octanol–water partition coefficient (Wildman–Crippen LogP) is -2.89. The van der Waals surface area contributed by atoms with E-state index in [9.17, 15) is 9.59 Å². The van der Waals surface area contributed by atoms with E-state index in [2.05, 4.69) is 10.6 Å². The Balaban J connectivity index is -0.000000411. The fourth-order valence-corrected chi connectivity index (χ4v) is 1.35. The fourth-order valence-electron chi connectivity index (χ4n) is 1.35. The summed E-state index contributed by atoms with van der Waals surface area (Å²) in [6, 6.07) is 0. The van der Waals surface area contributed by atoms with Crippen molar-refractivity contribution >= 4 is 11.8 Å². The minimum absolute atomic E-state index is 0. The van der Waals surface area contributed by atoms with Crippen molar-refractivity contribution in [1.82, 2.24) is 16.8 Å². The lowest BCUT2D eigenvalue weighted by Gasteiger charge is -2.29. The van der Waals surface area contributed by atoms with Crippen molar-refractivity contribution in [3.63, 3.8) is 0 Å². The highest BCUT2D eigenvalue weighted by atomic mass is 16.3. The van der Waals surface area contributed by atoms with Crippen molar-refractivity contribution in [3.8, 4) is 0 Å². The highest BCUT2D eigenvalue weighted by Crippen LogP contribution is 2.04. The molecule has 0 fully saturated rings. The lowest BCUT2D eigenvalue weighted by atomic mass is 10.0. The number of hydrogen-bond acceptors (Lipinski definition) is 9. The molecular formula is C16H37N3O8. The van der Waals surface area contributed by atoms with Crippen LogP contribution in [0.4, 0.5) is 0 Å². The number of nitrogens with one attached hydrogen (secondary N) is 2. The van der Waals surface area contributed by atoms with Gasteiger partial charge in [-0.25, -0.2) is 0 Å². The van der Waals surface area contributed by atoms with E-state index in [0.717, 1.165) is 0 Å². The van der Waals surface area contributed by atoms with Crippen molar-refractivity contribution in [2.24, 2.45) is 11.8 Å². The van der Waals surface area contributed by atoms with Gasteiger partial charge in [-0.05, 0) is 0 Å². The second-order valence-corrected chi connectivity index (χ2v) is 6.80. The molecule has 0 aliphatic heterocycles. The van der Waals surface area contributed by atoms with Crippen LogP contribution in [-0.2, 0) is 9.59 Å². The zero-order valence-electron chi connectivity index (χ0n) is 16.6. The number of carbonyl (C=O) groups excluding carboxylic acids is 2. The Bertz CT molecular complexity index is 356. The second kappa shape index (κ2) is 14.7. The van der Waals surface area contributed by atoms with Crippen molar-refractivity contribution in [2.45, 2.75) is 38.8 Å². The molecule has 0 atom stereocenters. The van der Waals surface area contributed by atoms with Crippen LogP contribution < -0.4 is 16.8 Å². The number of rotatable bonds is 10. The molecule has 0 aromatic rings. The van der Waals surface area contributed by atoms with E-state index in [1.54, 1.807) is 27.7 Å². The molecule has 0 spiro atoms. The molecular weight excluding hydrogens is 362 g/mol. The number of amides is 2.